The summed E-state index contributed by atoms with van der Waals surface area (Å²) in [6, 6.07) is 18.1. The minimum atomic E-state index is -0.0223. The van der Waals surface area contributed by atoms with Crippen molar-refractivity contribution in [1.82, 2.24) is 19.3 Å². The van der Waals surface area contributed by atoms with Crippen LogP contribution in [0.1, 0.15) is 29.0 Å². The molecule has 0 aliphatic heterocycles. The Bertz CT molecular complexity index is 1180. The number of carbonyl (C=O) groups is 1. The van der Waals surface area contributed by atoms with E-state index in [2.05, 4.69) is 39.7 Å². The van der Waals surface area contributed by atoms with Gasteiger partial charge in [-0.05, 0) is 47.2 Å². The van der Waals surface area contributed by atoms with Crippen LogP contribution >= 0.6 is 11.6 Å². The van der Waals surface area contributed by atoms with Gasteiger partial charge in [0.1, 0.15) is 0 Å². The van der Waals surface area contributed by atoms with Crippen LogP contribution in [0.4, 0.5) is 5.82 Å². The molecule has 6 nitrogen and oxygen atoms in total. The van der Waals surface area contributed by atoms with Crippen molar-refractivity contribution in [2.24, 2.45) is 5.92 Å². The molecule has 1 fully saturated rings. The number of anilines is 1. The Hall–Kier alpha value is -3.38. The Morgan fingerprint density at radius 3 is 2.65 bits per heavy atom. The van der Waals surface area contributed by atoms with Crippen LogP contribution in [0.15, 0.2) is 79.5 Å². The van der Waals surface area contributed by atoms with Gasteiger partial charge in [0.15, 0.2) is 5.82 Å². The number of imidazole rings is 1. The average molecular weight is 432 g/mol. The molecule has 0 spiro atoms. The van der Waals surface area contributed by atoms with Crippen molar-refractivity contribution in [3.8, 4) is 0 Å². The summed E-state index contributed by atoms with van der Waals surface area (Å²) in [5.74, 6) is 0.808. The van der Waals surface area contributed by atoms with Crippen LogP contribution in [0.25, 0.3) is 0 Å². The molecule has 0 saturated heterocycles. The van der Waals surface area contributed by atoms with Crippen LogP contribution < -0.4 is 5.32 Å². The summed E-state index contributed by atoms with van der Waals surface area (Å²) in [4.78, 5) is 16.9. The first-order valence-electron chi connectivity index (χ1n) is 10.3. The van der Waals surface area contributed by atoms with Crippen LogP contribution in [0.5, 0.6) is 0 Å². The minimum absolute atomic E-state index is 0.0122. The first-order chi connectivity index (χ1) is 15.1. The maximum Gasteiger partial charge on any atom is 0.229 e. The lowest BCUT2D eigenvalue weighted by molar-refractivity contribution is -0.117. The molecule has 1 N–H and O–H groups in total. The number of hydrogen-bond acceptors (Lipinski definition) is 3. The van der Waals surface area contributed by atoms with E-state index in [1.165, 1.54) is 11.1 Å². The molecule has 31 heavy (non-hydrogen) atoms. The number of nitrogens with one attached hydrogen (secondary N) is 1. The molecule has 1 aliphatic carbocycles. The predicted molar refractivity (Wildman–Crippen MR) is 120 cm³/mol. The molecule has 156 valence electrons. The van der Waals surface area contributed by atoms with Gasteiger partial charge in [-0.15, -0.1) is 0 Å². The summed E-state index contributed by atoms with van der Waals surface area (Å²) in [5, 5.41) is 7.88. The number of aromatic nitrogens is 4. The summed E-state index contributed by atoms with van der Waals surface area (Å²) in [5.41, 5.74) is 3.49. The van der Waals surface area contributed by atoms with E-state index in [0.29, 0.717) is 17.4 Å². The molecule has 1 aliphatic rings. The molecule has 2 unspecified atom stereocenters. The maximum atomic E-state index is 12.6. The van der Waals surface area contributed by atoms with Gasteiger partial charge >= 0.3 is 0 Å². The Balaban J connectivity index is 1.16. The summed E-state index contributed by atoms with van der Waals surface area (Å²) >= 11 is 6.07. The van der Waals surface area contributed by atoms with Crippen molar-refractivity contribution in [3.05, 3.63) is 101 Å². The Kier molecular flexibility index (Phi) is 5.30. The molecule has 1 saturated carbocycles. The molecule has 7 heteroatoms. The summed E-state index contributed by atoms with van der Waals surface area (Å²) in [7, 11) is 0. The lowest BCUT2D eigenvalue weighted by Crippen LogP contribution is -2.14. The second kappa shape index (κ2) is 8.40. The molecule has 1 amide bonds. The number of rotatable bonds is 7. The van der Waals surface area contributed by atoms with E-state index in [4.69, 9.17) is 11.6 Å². The van der Waals surface area contributed by atoms with Gasteiger partial charge in [-0.3, -0.25) is 9.48 Å². The fraction of sp³-hybridized carbons (Fsp3) is 0.208. The number of halogens is 1. The third-order valence-corrected chi connectivity index (χ3v) is 5.82. The van der Waals surface area contributed by atoms with Gasteiger partial charge in [0.2, 0.25) is 5.91 Å². The zero-order valence-electron chi connectivity index (χ0n) is 16.9. The second-order valence-corrected chi connectivity index (χ2v) is 8.38. The summed E-state index contributed by atoms with van der Waals surface area (Å²) < 4.78 is 3.87. The zero-order valence-corrected chi connectivity index (χ0v) is 17.6. The molecule has 2 heterocycles. The van der Waals surface area contributed by atoms with Gasteiger partial charge in [-0.25, -0.2) is 4.98 Å². The molecule has 2 aromatic carbocycles. The Morgan fingerprint density at radius 1 is 1.10 bits per heavy atom. The zero-order chi connectivity index (χ0) is 21.2. The molecule has 2 aromatic heterocycles. The van der Waals surface area contributed by atoms with E-state index in [0.717, 1.165) is 18.5 Å². The second-order valence-electron chi connectivity index (χ2n) is 7.94. The number of carbonyl (C=O) groups excluding carboxylic acids is 1. The highest BCUT2D eigenvalue weighted by atomic mass is 35.5. The van der Waals surface area contributed by atoms with Crippen molar-refractivity contribution < 1.29 is 4.79 Å². The van der Waals surface area contributed by atoms with Crippen molar-refractivity contribution in [2.75, 3.05) is 5.32 Å². The average Bonchev–Trinajstić information content (AvgIpc) is 3.19. The molecule has 0 bridgehead atoms. The van der Waals surface area contributed by atoms with Gasteiger partial charge in [0, 0.05) is 36.1 Å². The summed E-state index contributed by atoms with van der Waals surface area (Å²) in [6.07, 6.45) is 8.19. The first-order valence-corrected chi connectivity index (χ1v) is 10.7. The van der Waals surface area contributed by atoms with Gasteiger partial charge in [-0.2, -0.15) is 5.10 Å². The lowest BCUT2D eigenvalue weighted by atomic mass is 10.1. The van der Waals surface area contributed by atoms with Gasteiger partial charge in [-0.1, -0.05) is 48.0 Å². The fourth-order valence-corrected chi connectivity index (χ4v) is 4.06. The van der Waals surface area contributed by atoms with Gasteiger partial charge < -0.3 is 9.88 Å². The Labute approximate surface area is 185 Å². The third-order valence-electron chi connectivity index (χ3n) is 5.58. The fourth-order valence-electron chi connectivity index (χ4n) is 3.86. The highest BCUT2D eigenvalue weighted by Gasteiger charge is 2.44. The van der Waals surface area contributed by atoms with Crippen LogP contribution in [0.3, 0.4) is 0 Å². The number of benzene rings is 2. The van der Waals surface area contributed by atoms with Crippen LogP contribution in [-0.4, -0.2) is 25.2 Å². The summed E-state index contributed by atoms with van der Waals surface area (Å²) in [6.45, 7) is 1.45. The molecule has 2 atom stereocenters. The first kappa shape index (κ1) is 19.6. The molecular formula is C24H22ClN5O. The van der Waals surface area contributed by atoms with E-state index in [-0.39, 0.29) is 17.7 Å². The van der Waals surface area contributed by atoms with E-state index >= 15 is 0 Å². The normalized spacial score (nSPS) is 17.5. The predicted octanol–water partition coefficient (Wildman–Crippen LogP) is 4.57. The van der Waals surface area contributed by atoms with Gasteiger partial charge in [0.05, 0.1) is 12.9 Å². The SMILES string of the molecule is O=C(Nc1cn(Cc2ccc(Cn3cccn3)cc2)cn1)C1CC1c1cccc(Cl)c1. The monoisotopic (exact) mass is 431 g/mol. The number of hydrogen-bond donors (Lipinski definition) is 1. The molecule has 4 aromatic rings. The number of nitrogens with zero attached hydrogens (tertiary/aromatic N) is 4. The largest absolute Gasteiger partial charge is 0.331 e. The van der Waals surface area contributed by atoms with Crippen molar-refractivity contribution in [1.29, 1.82) is 0 Å². The smallest absolute Gasteiger partial charge is 0.229 e. The van der Waals surface area contributed by atoms with Crippen LogP contribution in [-0.2, 0) is 17.9 Å². The minimum Gasteiger partial charge on any atom is -0.331 e. The van der Waals surface area contributed by atoms with Crippen molar-refractivity contribution in [2.45, 2.75) is 25.4 Å². The van der Waals surface area contributed by atoms with Crippen LogP contribution in [0, 0.1) is 5.92 Å². The third kappa shape index (κ3) is 4.70. The molecule has 0 radical (unpaired) electrons. The van der Waals surface area contributed by atoms with E-state index < -0.39 is 0 Å². The lowest BCUT2D eigenvalue weighted by Gasteiger charge is -2.06. The molecular weight excluding hydrogens is 410 g/mol. The number of amides is 1. The quantitative estimate of drug-likeness (QED) is 0.466. The standard InChI is InChI=1S/C24H22ClN5O/c25-20-4-1-3-19(11-20)21-12-22(21)24(31)28-23-15-29(16-26-23)13-17-5-7-18(8-6-17)14-30-10-2-9-27-30/h1-11,15-16,21-22H,12-14H2,(H,28,31). The molecule has 5 rings (SSSR count). The van der Waals surface area contributed by atoms with E-state index in [1.807, 2.05) is 52.0 Å². The highest BCUT2D eigenvalue weighted by molar-refractivity contribution is 6.30. The van der Waals surface area contributed by atoms with E-state index in [1.54, 1.807) is 12.5 Å². The maximum absolute atomic E-state index is 12.6. The van der Waals surface area contributed by atoms with E-state index in [9.17, 15) is 4.79 Å². The Morgan fingerprint density at radius 2 is 1.90 bits per heavy atom. The highest BCUT2D eigenvalue weighted by Crippen LogP contribution is 2.48. The van der Waals surface area contributed by atoms with Crippen molar-refractivity contribution >= 4 is 23.3 Å². The van der Waals surface area contributed by atoms with Crippen LogP contribution in [0.2, 0.25) is 5.02 Å². The topological polar surface area (TPSA) is 64.7 Å². The van der Waals surface area contributed by atoms with Crippen molar-refractivity contribution in [3.63, 3.8) is 0 Å². The van der Waals surface area contributed by atoms with Gasteiger partial charge in [0.25, 0.3) is 0 Å².